The highest BCUT2D eigenvalue weighted by Crippen LogP contribution is 2.45. The zero-order valence-electron chi connectivity index (χ0n) is 23.2. The lowest BCUT2D eigenvalue weighted by Crippen LogP contribution is -2.29. The largest absolute Gasteiger partial charge is 0.507 e. The van der Waals surface area contributed by atoms with Gasteiger partial charge in [-0.15, -0.1) is 0 Å². The zero-order valence-corrected chi connectivity index (χ0v) is 24.0. The van der Waals surface area contributed by atoms with Crippen molar-refractivity contribution in [2.75, 3.05) is 24.7 Å². The number of aliphatic hydroxyl groups excluding tert-OH is 1. The molecule has 1 aromatic heterocycles. The van der Waals surface area contributed by atoms with Crippen LogP contribution >= 0.6 is 11.3 Å². The normalized spacial score (nSPS) is 16.1. The minimum Gasteiger partial charge on any atom is -0.507 e. The Morgan fingerprint density at radius 1 is 1.12 bits per heavy atom. The molecular formula is C31H32N2O7S. The van der Waals surface area contributed by atoms with Gasteiger partial charge >= 0.3 is 11.9 Å². The Morgan fingerprint density at radius 3 is 2.56 bits per heavy atom. The minimum atomic E-state index is -1.05. The van der Waals surface area contributed by atoms with Crippen molar-refractivity contribution in [1.82, 2.24) is 4.98 Å². The first kappa shape index (κ1) is 29.5. The standard InChI is InChI=1S/C31H32N2O7S/c1-5-8-17-39-22-15-14-21(18-23(22)38-7-3)25-24(26(34)20-12-10-9-11-13-20)27(35)29(36)33(25)31-32-19(4)28(41-31)30(37)40-16-6-2/h6,9-15,18,25,34H,2,5,7-8,16-17H2,1,3-4H3/b26-24+. The molecule has 9 nitrogen and oxygen atoms in total. The number of hydrogen-bond acceptors (Lipinski definition) is 9. The molecular weight excluding hydrogens is 544 g/mol. The molecule has 1 N–H and O–H groups in total. The molecule has 0 aliphatic carbocycles. The molecule has 0 bridgehead atoms. The van der Waals surface area contributed by atoms with Crippen LogP contribution in [0.2, 0.25) is 0 Å². The van der Waals surface area contributed by atoms with Gasteiger partial charge in [-0.1, -0.05) is 73.7 Å². The summed E-state index contributed by atoms with van der Waals surface area (Å²) >= 11 is 0.933. The van der Waals surface area contributed by atoms with E-state index >= 15 is 0 Å². The van der Waals surface area contributed by atoms with E-state index in [4.69, 9.17) is 14.2 Å². The Hall–Kier alpha value is -4.44. The maximum absolute atomic E-state index is 13.6. The Kier molecular flexibility index (Phi) is 9.57. The van der Waals surface area contributed by atoms with Gasteiger partial charge in [0, 0.05) is 5.56 Å². The van der Waals surface area contributed by atoms with Gasteiger partial charge in [0.2, 0.25) is 0 Å². The number of amides is 1. The van der Waals surface area contributed by atoms with Gasteiger partial charge in [0.05, 0.1) is 30.5 Å². The molecule has 1 aliphatic rings. The maximum atomic E-state index is 13.6. The predicted molar refractivity (Wildman–Crippen MR) is 157 cm³/mol. The lowest BCUT2D eigenvalue weighted by molar-refractivity contribution is -0.132. The molecule has 2 heterocycles. The van der Waals surface area contributed by atoms with Crippen LogP contribution in [0.25, 0.3) is 5.76 Å². The number of nitrogens with zero attached hydrogens (tertiary/aromatic N) is 2. The Bertz CT molecular complexity index is 1480. The van der Waals surface area contributed by atoms with Crippen molar-refractivity contribution in [2.45, 2.75) is 39.7 Å². The van der Waals surface area contributed by atoms with Crippen LogP contribution in [-0.4, -0.2) is 47.6 Å². The summed E-state index contributed by atoms with van der Waals surface area (Å²) in [5.41, 5.74) is 1.12. The third-order valence-corrected chi connectivity index (χ3v) is 7.48. The third-order valence-electron chi connectivity index (χ3n) is 6.34. The van der Waals surface area contributed by atoms with Crippen molar-refractivity contribution in [1.29, 1.82) is 0 Å². The number of rotatable bonds is 12. The second-order valence-corrected chi connectivity index (χ2v) is 10.2. The number of ketones is 1. The van der Waals surface area contributed by atoms with Gasteiger partial charge in [0.1, 0.15) is 17.2 Å². The number of Topliss-reactive ketones (excluding diaryl/α,β-unsaturated/α-hetero) is 1. The summed E-state index contributed by atoms with van der Waals surface area (Å²) in [5, 5.41) is 11.5. The van der Waals surface area contributed by atoms with E-state index in [0.717, 1.165) is 24.2 Å². The molecule has 1 unspecified atom stereocenters. The fraction of sp³-hybridized carbons (Fsp3) is 0.290. The van der Waals surface area contributed by atoms with Gasteiger partial charge in [-0.2, -0.15) is 0 Å². The number of aliphatic hydroxyl groups is 1. The van der Waals surface area contributed by atoms with E-state index < -0.39 is 23.7 Å². The van der Waals surface area contributed by atoms with Crippen LogP contribution in [0, 0.1) is 6.92 Å². The summed E-state index contributed by atoms with van der Waals surface area (Å²) in [7, 11) is 0. The van der Waals surface area contributed by atoms with Crippen LogP contribution in [-0.2, 0) is 14.3 Å². The van der Waals surface area contributed by atoms with Crippen molar-refractivity contribution in [2.24, 2.45) is 0 Å². The van der Waals surface area contributed by atoms with Crippen molar-refractivity contribution >= 4 is 39.9 Å². The van der Waals surface area contributed by atoms with Gasteiger partial charge in [-0.05, 0) is 38.0 Å². The number of benzene rings is 2. The molecule has 0 saturated carbocycles. The lowest BCUT2D eigenvalue weighted by atomic mass is 9.95. The van der Waals surface area contributed by atoms with Crippen molar-refractivity contribution in [3.63, 3.8) is 0 Å². The molecule has 2 aromatic carbocycles. The molecule has 41 heavy (non-hydrogen) atoms. The van der Waals surface area contributed by atoms with Crippen molar-refractivity contribution < 1.29 is 33.7 Å². The molecule has 1 atom stereocenters. The second kappa shape index (κ2) is 13.3. The van der Waals surface area contributed by atoms with E-state index in [0.29, 0.717) is 41.5 Å². The van der Waals surface area contributed by atoms with Crippen molar-refractivity contribution in [3.05, 3.63) is 88.5 Å². The highest BCUT2D eigenvalue weighted by molar-refractivity contribution is 7.17. The number of anilines is 1. The number of hydrogen-bond donors (Lipinski definition) is 1. The van der Waals surface area contributed by atoms with Gasteiger partial charge in [0.15, 0.2) is 16.6 Å². The van der Waals surface area contributed by atoms with Crippen LogP contribution in [0.4, 0.5) is 5.13 Å². The number of aromatic nitrogens is 1. The second-order valence-electron chi connectivity index (χ2n) is 9.17. The molecule has 3 aromatic rings. The summed E-state index contributed by atoms with van der Waals surface area (Å²) in [5.74, 6) is -1.72. The van der Waals surface area contributed by atoms with Crippen LogP contribution in [0.5, 0.6) is 11.5 Å². The van der Waals surface area contributed by atoms with Crippen molar-refractivity contribution in [3.8, 4) is 11.5 Å². The van der Waals surface area contributed by atoms with E-state index in [1.807, 2.05) is 6.92 Å². The van der Waals surface area contributed by atoms with Crippen LogP contribution in [0.15, 0.2) is 66.8 Å². The van der Waals surface area contributed by atoms with Gasteiger partial charge in [0.25, 0.3) is 5.78 Å². The monoisotopic (exact) mass is 576 g/mol. The maximum Gasteiger partial charge on any atom is 0.350 e. The number of ether oxygens (including phenoxy) is 3. The number of unbranched alkanes of at least 4 members (excludes halogenated alkanes) is 1. The molecule has 1 amide bonds. The van der Waals surface area contributed by atoms with Gasteiger partial charge < -0.3 is 19.3 Å². The first-order chi connectivity index (χ1) is 19.8. The van der Waals surface area contributed by atoms with Crippen LogP contribution < -0.4 is 14.4 Å². The number of esters is 1. The summed E-state index contributed by atoms with van der Waals surface area (Å²) in [6.45, 7) is 9.96. The fourth-order valence-electron chi connectivity index (χ4n) is 4.38. The number of carbonyl (C=O) groups excluding carboxylic acids is 3. The summed E-state index contributed by atoms with van der Waals surface area (Å²) in [4.78, 5) is 45.6. The molecule has 0 spiro atoms. The Labute approximate surface area is 242 Å². The molecule has 1 fully saturated rings. The van der Waals surface area contributed by atoms with E-state index in [9.17, 15) is 19.5 Å². The highest BCUT2D eigenvalue weighted by Gasteiger charge is 2.48. The molecule has 0 radical (unpaired) electrons. The van der Waals surface area contributed by atoms with Crippen LogP contribution in [0.1, 0.15) is 59.2 Å². The van der Waals surface area contributed by atoms with E-state index in [-0.39, 0.29) is 27.9 Å². The summed E-state index contributed by atoms with van der Waals surface area (Å²) < 4.78 is 17.0. The van der Waals surface area contributed by atoms with Crippen LogP contribution in [0.3, 0.4) is 0 Å². The summed E-state index contributed by atoms with van der Waals surface area (Å²) in [6, 6.07) is 12.6. The van der Waals surface area contributed by atoms with E-state index in [2.05, 4.69) is 18.5 Å². The molecule has 10 heteroatoms. The average Bonchev–Trinajstić information content (AvgIpc) is 3.49. The van der Waals surface area contributed by atoms with E-state index in [1.54, 1.807) is 55.5 Å². The van der Waals surface area contributed by atoms with E-state index in [1.165, 1.54) is 11.0 Å². The number of aryl methyl sites for hydroxylation is 1. The SMILES string of the molecule is C=CCOC(=O)c1sc(N2C(=O)C(=O)/C(=C(/O)c3ccccc3)C2c2ccc(OCCCC)c(OCC)c2)nc1C. The third kappa shape index (κ3) is 6.17. The molecule has 214 valence electrons. The zero-order chi connectivity index (χ0) is 29.5. The van der Waals surface area contributed by atoms with Gasteiger partial charge in [-0.3, -0.25) is 14.5 Å². The first-order valence-electron chi connectivity index (χ1n) is 13.3. The number of thiazole rings is 1. The highest BCUT2D eigenvalue weighted by atomic mass is 32.1. The molecule has 1 aliphatic heterocycles. The average molecular weight is 577 g/mol. The Morgan fingerprint density at radius 2 is 1.88 bits per heavy atom. The summed E-state index contributed by atoms with van der Waals surface area (Å²) in [6.07, 6.45) is 3.28. The first-order valence-corrected chi connectivity index (χ1v) is 14.1. The lowest BCUT2D eigenvalue weighted by Gasteiger charge is -2.24. The molecule has 4 rings (SSSR count). The predicted octanol–water partition coefficient (Wildman–Crippen LogP) is 6.00. The smallest absolute Gasteiger partial charge is 0.350 e. The Balaban J connectivity index is 1.88. The quantitative estimate of drug-likeness (QED) is 0.0697. The topological polar surface area (TPSA) is 115 Å². The fourth-order valence-corrected chi connectivity index (χ4v) is 5.37. The van der Waals surface area contributed by atoms with Gasteiger partial charge in [-0.25, -0.2) is 9.78 Å². The number of carbonyl (C=O) groups is 3. The minimum absolute atomic E-state index is 0.0139. The molecule has 1 saturated heterocycles.